The van der Waals surface area contributed by atoms with Crippen LogP contribution in [0.2, 0.25) is 0 Å². The minimum absolute atomic E-state index is 0.330. The minimum atomic E-state index is -0.356. The van der Waals surface area contributed by atoms with Crippen LogP contribution in [0.3, 0.4) is 0 Å². The van der Waals surface area contributed by atoms with E-state index in [4.69, 9.17) is 4.74 Å². The number of fused-ring (bicyclic) bond motifs is 1. The Morgan fingerprint density at radius 1 is 1.31 bits per heavy atom. The first-order valence-corrected chi connectivity index (χ1v) is 10.1. The van der Waals surface area contributed by atoms with Gasteiger partial charge in [-0.3, -0.25) is 4.68 Å². The molecular formula is C22H27N5O2. The molecule has 1 atom stereocenters. The van der Waals surface area contributed by atoms with E-state index in [1.165, 1.54) is 5.69 Å². The highest BCUT2D eigenvalue weighted by Gasteiger charge is 2.25. The summed E-state index contributed by atoms with van der Waals surface area (Å²) < 4.78 is 7.00. The molecule has 1 aromatic carbocycles. The molecule has 0 aliphatic carbocycles. The van der Waals surface area contributed by atoms with Crippen molar-refractivity contribution >= 4 is 28.4 Å². The Bertz CT molecular complexity index is 1010. The summed E-state index contributed by atoms with van der Waals surface area (Å²) >= 11 is 0. The highest BCUT2D eigenvalue weighted by atomic mass is 16.5. The lowest BCUT2D eigenvalue weighted by Gasteiger charge is -2.19. The molecular weight excluding hydrogens is 366 g/mol. The Labute approximate surface area is 170 Å². The number of anilines is 2. The molecule has 0 radical (unpaired) electrons. The number of benzene rings is 1. The second-order valence-corrected chi connectivity index (χ2v) is 7.49. The van der Waals surface area contributed by atoms with Crippen LogP contribution in [0.1, 0.15) is 29.4 Å². The molecule has 3 heterocycles. The first kappa shape index (κ1) is 19.2. The van der Waals surface area contributed by atoms with Crippen molar-refractivity contribution in [2.45, 2.75) is 20.3 Å². The van der Waals surface area contributed by atoms with E-state index >= 15 is 0 Å². The van der Waals surface area contributed by atoms with Crippen molar-refractivity contribution in [3.05, 3.63) is 47.8 Å². The lowest BCUT2D eigenvalue weighted by atomic mass is 10.1. The van der Waals surface area contributed by atoms with Gasteiger partial charge >= 0.3 is 5.97 Å². The zero-order chi connectivity index (χ0) is 20.4. The molecule has 0 saturated carbocycles. The fourth-order valence-corrected chi connectivity index (χ4v) is 4.08. The zero-order valence-electron chi connectivity index (χ0n) is 17.2. The van der Waals surface area contributed by atoms with Crippen LogP contribution in [-0.2, 0) is 11.8 Å². The number of nitrogens with one attached hydrogen (secondary N) is 1. The van der Waals surface area contributed by atoms with Gasteiger partial charge in [0.05, 0.1) is 23.4 Å². The topological polar surface area (TPSA) is 72.3 Å². The second kappa shape index (κ2) is 8.11. The number of nitrogens with zero attached hydrogens (tertiary/aromatic N) is 4. The van der Waals surface area contributed by atoms with E-state index in [9.17, 15) is 4.79 Å². The first-order valence-electron chi connectivity index (χ1n) is 10.1. The number of aryl methyl sites for hydroxylation is 2. The Kier molecular flexibility index (Phi) is 5.38. The van der Waals surface area contributed by atoms with E-state index in [1.807, 2.05) is 27.0 Å². The number of para-hydroxylation sites is 1. The molecule has 0 bridgehead atoms. The zero-order valence-corrected chi connectivity index (χ0v) is 17.2. The molecule has 2 aromatic heterocycles. The number of hydrogen-bond donors (Lipinski definition) is 1. The summed E-state index contributed by atoms with van der Waals surface area (Å²) in [4.78, 5) is 19.4. The average Bonchev–Trinajstić information content (AvgIpc) is 3.32. The number of ether oxygens (including phenoxy) is 1. The van der Waals surface area contributed by atoms with Gasteiger partial charge in [0.25, 0.3) is 0 Å². The van der Waals surface area contributed by atoms with Crippen LogP contribution in [0.4, 0.5) is 11.4 Å². The summed E-state index contributed by atoms with van der Waals surface area (Å²) in [5.41, 5.74) is 4.11. The van der Waals surface area contributed by atoms with Crippen LogP contribution in [0, 0.1) is 12.8 Å². The van der Waals surface area contributed by atoms with Crippen LogP contribution < -0.4 is 10.2 Å². The number of aromatic nitrogens is 3. The van der Waals surface area contributed by atoms with Gasteiger partial charge in [-0.2, -0.15) is 5.10 Å². The Hall–Kier alpha value is -3.09. The van der Waals surface area contributed by atoms with Crippen LogP contribution >= 0.6 is 0 Å². The summed E-state index contributed by atoms with van der Waals surface area (Å²) in [6.45, 7) is 6.89. The summed E-state index contributed by atoms with van der Waals surface area (Å²) in [5.74, 6) is 0.135. The normalized spacial score (nSPS) is 16.4. The number of esters is 1. The van der Waals surface area contributed by atoms with Gasteiger partial charge in [0.15, 0.2) is 5.65 Å². The second-order valence-electron chi connectivity index (χ2n) is 7.49. The summed E-state index contributed by atoms with van der Waals surface area (Å²) in [5, 5.41) is 8.91. The smallest absolute Gasteiger partial charge is 0.341 e. The number of pyridine rings is 1. The van der Waals surface area contributed by atoms with Crippen LogP contribution in [0.5, 0.6) is 0 Å². The minimum Gasteiger partial charge on any atom is -0.462 e. The molecule has 1 aliphatic rings. The molecule has 4 rings (SSSR count). The van der Waals surface area contributed by atoms with E-state index in [1.54, 1.807) is 10.9 Å². The van der Waals surface area contributed by atoms with Gasteiger partial charge in [-0.05, 0) is 38.3 Å². The molecule has 1 fully saturated rings. The van der Waals surface area contributed by atoms with E-state index in [0.717, 1.165) is 48.5 Å². The number of carbonyl (C=O) groups excluding carboxylic acids is 1. The van der Waals surface area contributed by atoms with Crippen molar-refractivity contribution in [1.29, 1.82) is 0 Å². The highest BCUT2D eigenvalue weighted by Crippen LogP contribution is 2.30. The maximum absolute atomic E-state index is 12.5. The van der Waals surface area contributed by atoms with Gasteiger partial charge in [-0.25, -0.2) is 9.78 Å². The van der Waals surface area contributed by atoms with Crippen LogP contribution in [0.15, 0.2) is 36.5 Å². The van der Waals surface area contributed by atoms with Crippen molar-refractivity contribution in [3.63, 3.8) is 0 Å². The summed E-state index contributed by atoms with van der Waals surface area (Å²) in [6, 6.07) is 10.5. The molecule has 1 unspecified atom stereocenters. The van der Waals surface area contributed by atoms with Crippen LogP contribution in [-0.4, -0.2) is 47.0 Å². The SMILES string of the molecule is CCOC(=O)c1cnc2c(c(C)nn2C)c1NCC1CCN(c2ccccc2)C1. The molecule has 0 amide bonds. The lowest BCUT2D eigenvalue weighted by molar-refractivity contribution is 0.0527. The number of rotatable bonds is 6. The molecule has 7 heteroatoms. The fourth-order valence-electron chi connectivity index (χ4n) is 4.08. The predicted octanol–water partition coefficient (Wildman–Crippen LogP) is 3.39. The lowest BCUT2D eigenvalue weighted by Crippen LogP contribution is -2.23. The molecule has 7 nitrogen and oxygen atoms in total. The third-order valence-electron chi connectivity index (χ3n) is 5.50. The summed E-state index contributed by atoms with van der Waals surface area (Å²) in [6.07, 6.45) is 2.70. The molecule has 152 valence electrons. The van der Waals surface area contributed by atoms with Crippen LogP contribution in [0.25, 0.3) is 11.0 Å². The summed E-state index contributed by atoms with van der Waals surface area (Å²) in [7, 11) is 1.87. The molecule has 1 N–H and O–H groups in total. The monoisotopic (exact) mass is 393 g/mol. The molecule has 29 heavy (non-hydrogen) atoms. The molecule has 3 aromatic rings. The first-order chi connectivity index (χ1) is 14.1. The number of hydrogen-bond acceptors (Lipinski definition) is 6. The van der Waals surface area contributed by atoms with E-state index in [2.05, 4.69) is 44.6 Å². The Balaban J connectivity index is 1.57. The largest absolute Gasteiger partial charge is 0.462 e. The maximum Gasteiger partial charge on any atom is 0.341 e. The van der Waals surface area contributed by atoms with Crippen molar-refractivity contribution in [1.82, 2.24) is 14.8 Å². The van der Waals surface area contributed by atoms with Gasteiger partial charge < -0.3 is 15.0 Å². The highest BCUT2D eigenvalue weighted by molar-refractivity contribution is 6.05. The predicted molar refractivity (Wildman–Crippen MR) is 114 cm³/mol. The van der Waals surface area contributed by atoms with Crippen molar-refractivity contribution in [3.8, 4) is 0 Å². The Morgan fingerprint density at radius 2 is 2.10 bits per heavy atom. The van der Waals surface area contributed by atoms with Crippen molar-refractivity contribution < 1.29 is 9.53 Å². The molecule has 1 saturated heterocycles. The third kappa shape index (κ3) is 3.77. The van der Waals surface area contributed by atoms with E-state index in [0.29, 0.717) is 18.1 Å². The van der Waals surface area contributed by atoms with Crippen molar-refractivity contribution in [2.75, 3.05) is 36.5 Å². The van der Waals surface area contributed by atoms with Gasteiger partial charge in [-0.15, -0.1) is 0 Å². The quantitative estimate of drug-likeness (QED) is 0.647. The Morgan fingerprint density at radius 3 is 2.86 bits per heavy atom. The van der Waals surface area contributed by atoms with Crippen molar-refractivity contribution in [2.24, 2.45) is 13.0 Å². The molecule has 1 aliphatic heterocycles. The third-order valence-corrected chi connectivity index (χ3v) is 5.50. The van der Waals surface area contributed by atoms with Gasteiger partial charge in [0.2, 0.25) is 0 Å². The number of carbonyl (C=O) groups is 1. The van der Waals surface area contributed by atoms with E-state index in [-0.39, 0.29) is 5.97 Å². The standard InChI is InChI=1S/C22H27N5O2/c1-4-29-22(28)18-13-24-21-19(15(2)25-26(21)3)20(18)23-12-16-10-11-27(14-16)17-8-6-5-7-9-17/h5-9,13,16H,4,10-12,14H2,1-3H3,(H,23,24). The maximum atomic E-state index is 12.5. The fraction of sp³-hybridized carbons (Fsp3) is 0.409. The van der Waals surface area contributed by atoms with Gasteiger partial charge in [0.1, 0.15) is 5.56 Å². The van der Waals surface area contributed by atoms with Gasteiger partial charge in [-0.1, -0.05) is 18.2 Å². The average molecular weight is 393 g/mol. The van der Waals surface area contributed by atoms with Gasteiger partial charge in [0, 0.05) is 38.6 Å². The van der Waals surface area contributed by atoms with E-state index < -0.39 is 0 Å². The molecule has 0 spiro atoms.